The predicted octanol–water partition coefficient (Wildman–Crippen LogP) is 4.90. The molecule has 2 fully saturated rings. The first-order valence-corrected chi connectivity index (χ1v) is 12.3. The van der Waals surface area contributed by atoms with Gasteiger partial charge in [0.05, 0.1) is 18.8 Å². The number of ether oxygens (including phenoxy) is 4. The molecule has 1 aromatic carbocycles. The van der Waals surface area contributed by atoms with Crippen molar-refractivity contribution in [1.29, 1.82) is 0 Å². The highest BCUT2D eigenvalue weighted by atomic mass is 32.5. The van der Waals surface area contributed by atoms with Gasteiger partial charge >= 0.3 is 22.4 Å². The monoisotopic (exact) mass is 571 g/mol. The summed E-state index contributed by atoms with van der Waals surface area (Å²) in [5.74, 6) is -2.43. The van der Waals surface area contributed by atoms with Gasteiger partial charge in [0.25, 0.3) is 5.09 Å². The van der Waals surface area contributed by atoms with Gasteiger partial charge in [0, 0.05) is 5.56 Å². The van der Waals surface area contributed by atoms with Crippen LogP contribution < -0.4 is 4.74 Å². The van der Waals surface area contributed by atoms with E-state index in [9.17, 15) is 47.5 Å². The van der Waals surface area contributed by atoms with Gasteiger partial charge in [-0.05, 0) is 30.2 Å². The molecule has 0 amide bonds. The predicted molar refractivity (Wildman–Crippen MR) is 107 cm³/mol. The molecule has 208 valence electrons. The first kappa shape index (κ1) is 27.2. The van der Waals surface area contributed by atoms with Crippen LogP contribution in [0.15, 0.2) is 22.6 Å². The van der Waals surface area contributed by atoms with Crippen molar-refractivity contribution < 1.29 is 66.3 Å². The Kier molecular flexibility index (Phi) is 5.93. The SMILES string of the molecule is CCc1cc(S(F)(F)(F)(F)F)cc2c1OC(C(F)(F)F)C(C(=O)O[C@H]1CO[C@H]3[C@@H]1OC[C@H]3O[N+](=O)[O-])=C2. The molecule has 3 aliphatic heterocycles. The van der Waals surface area contributed by atoms with Crippen molar-refractivity contribution in [3.05, 3.63) is 38.9 Å². The molecule has 0 aromatic heterocycles. The molecule has 9 nitrogen and oxygen atoms in total. The minimum atomic E-state index is -10.2. The lowest BCUT2D eigenvalue weighted by Crippen LogP contribution is -2.43. The van der Waals surface area contributed by atoms with Gasteiger partial charge in [-0.1, -0.05) is 26.4 Å². The Labute approximate surface area is 202 Å². The van der Waals surface area contributed by atoms with Crippen molar-refractivity contribution in [3.8, 4) is 5.75 Å². The average molecular weight is 571 g/mol. The Bertz CT molecular complexity index is 1170. The summed E-state index contributed by atoms with van der Waals surface area (Å²) in [4.78, 5) is 25.3. The van der Waals surface area contributed by atoms with E-state index in [1.807, 2.05) is 0 Å². The van der Waals surface area contributed by atoms with Gasteiger partial charge in [0.15, 0.2) is 12.2 Å². The molecule has 0 bridgehead atoms. The summed E-state index contributed by atoms with van der Waals surface area (Å²) < 4.78 is 129. The van der Waals surface area contributed by atoms with Crippen molar-refractivity contribution in [2.24, 2.45) is 0 Å². The lowest BCUT2D eigenvalue weighted by Gasteiger charge is -2.41. The number of hydrogen-bond donors (Lipinski definition) is 0. The topological polar surface area (TPSA) is 106 Å². The number of hydrogen-bond acceptors (Lipinski definition) is 8. The van der Waals surface area contributed by atoms with E-state index in [-0.39, 0.29) is 18.7 Å². The van der Waals surface area contributed by atoms with Crippen LogP contribution in [0.25, 0.3) is 6.08 Å². The average Bonchev–Trinajstić information content (AvgIpc) is 3.32. The van der Waals surface area contributed by atoms with E-state index in [1.165, 1.54) is 6.92 Å². The van der Waals surface area contributed by atoms with E-state index >= 15 is 0 Å². The number of halogens is 8. The Hall–Kier alpha value is -2.86. The van der Waals surface area contributed by atoms with Gasteiger partial charge in [0.1, 0.15) is 22.9 Å². The third kappa shape index (κ3) is 5.40. The Morgan fingerprint density at radius 2 is 1.70 bits per heavy atom. The molecule has 0 radical (unpaired) electrons. The zero-order chi connectivity index (χ0) is 27.6. The molecule has 18 heteroatoms. The van der Waals surface area contributed by atoms with Crippen LogP contribution in [0.2, 0.25) is 0 Å². The second kappa shape index (κ2) is 8.07. The number of carbonyl (C=O) groups is 1. The minimum absolute atomic E-state index is 0.0157. The summed E-state index contributed by atoms with van der Waals surface area (Å²) in [6.07, 6.45) is -13.1. The van der Waals surface area contributed by atoms with E-state index in [4.69, 9.17) is 18.9 Å². The van der Waals surface area contributed by atoms with Gasteiger partial charge in [-0.25, -0.2) is 4.79 Å². The maximum absolute atomic E-state index is 13.8. The summed E-state index contributed by atoms with van der Waals surface area (Å²) >= 11 is 0. The molecule has 37 heavy (non-hydrogen) atoms. The van der Waals surface area contributed by atoms with Crippen LogP contribution in [0, 0.1) is 10.1 Å². The number of fused-ring (bicyclic) bond motifs is 2. The highest BCUT2D eigenvalue weighted by molar-refractivity contribution is 8.45. The van der Waals surface area contributed by atoms with E-state index in [0.717, 1.165) is 0 Å². The third-order valence-corrected chi connectivity index (χ3v) is 6.93. The molecule has 2 saturated heterocycles. The second-order valence-electron chi connectivity index (χ2n) is 8.37. The normalized spacial score (nSPS) is 29.2. The third-order valence-electron chi connectivity index (χ3n) is 5.80. The molecule has 0 aliphatic carbocycles. The maximum atomic E-state index is 13.8. The van der Waals surface area contributed by atoms with E-state index in [1.54, 1.807) is 0 Å². The Morgan fingerprint density at radius 1 is 1.11 bits per heavy atom. The number of carbonyl (C=O) groups excluding carboxylic acids is 1. The molecule has 1 aromatic rings. The summed E-state index contributed by atoms with van der Waals surface area (Å²) in [6.45, 7) is 0.415. The number of nitrogens with zero attached hydrogens (tertiary/aromatic N) is 1. The van der Waals surface area contributed by atoms with Crippen LogP contribution in [-0.2, 0) is 30.3 Å². The molecule has 3 aliphatic rings. The first-order valence-electron chi connectivity index (χ1n) is 10.4. The van der Waals surface area contributed by atoms with E-state index in [2.05, 4.69) is 4.84 Å². The van der Waals surface area contributed by atoms with Crippen LogP contribution in [0.3, 0.4) is 0 Å². The fourth-order valence-electron chi connectivity index (χ4n) is 4.19. The molecule has 4 rings (SSSR count). The van der Waals surface area contributed by atoms with Crippen LogP contribution in [-0.4, -0.2) is 61.0 Å². The number of benzene rings is 1. The number of alkyl halides is 3. The van der Waals surface area contributed by atoms with Crippen molar-refractivity contribution in [2.75, 3.05) is 13.2 Å². The van der Waals surface area contributed by atoms with Crippen LogP contribution >= 0.6 is 10.2 Å². The largest absolute Gasteiger partial charge is 0.475 e. The van der Waals surface area contributed by atoms with Gasteiger partial charge in [0.2, 0.25) is 6.10 Å². The molecule has 0 saturated carbocycles. The standard InChI is InChI=1S/C19H17F8NO8S/c1-2-8-3-10(37(23,24,25,26)27)4-9-5-11(17(19(20,21)22)35-14(8)9)18(29)34-12-6-32-16-13(36-28(30)31)7-33-15(12)16/h3-5,12-13,15-17H,2,6-7H2,1H3/t12-,13+,15+,16+,17?/m0/s1. The lowest BCUT2D eigenvalue weighted by molar-refractivity contribution is -0.769. The summed E-state index contributed by atoms with van der Waals surface area (Å²) in [6, 6.07) is -0.0773. The molecular formula is C19H17F8NO8S. The highest BCUT2D eigenvalue weighted by Gasteiger charge is 2.66. The minimum Gasteiger partial charge on any atom is -0.475 e. The van der Waals surface area contributed by atoms with Crippen LogP contribution in [0.4, 0.5) is 32.6 Å². The fourth-order valence-corrected chi connectivity index (χ4v) is 4.90. The molecule has 5 atom stereocenters. The van der Waals surface area contributed by atoms with Crippen molar-refractivity contribution >= 4 is 22.3 Å². The van der Waals surface area contributed by atoms with Gasteiger partial charge in [-0.15, -0.1) is 10.1 Å². The summed E-state index contributed by atoms with van der Waals surface area (Å²) in [5.41, 5.74) is -2.71. The zero-order valence-corrected chi connectivity index (χ0v) is 19.2. The number of rotatable bonds is 6. The smallest absolute Gasteiger partial charge is 0.430 e. The van der Waals surface area contributed by atoms with Crippen molar-refractivity contribution in [3.63, 3.8) is 0 Å². The summed E-state index contributed by atoms with van der Waals surface area (Å²) in [5, 5.41) is 9.44. The number of aryl methyl sites for hydroxylation is 1. The van der Waals surface area contributed by atoms with Gasteiger partial charge < -0.3 is 23.8 Å². The summed E-state index contributed by atoms with van der Waals surface area (Å²) in [7, 11) is -10.2. The Morgan fingerprint density at radius 3 is 2.24 bits per heavy atom. The van der Waals surface area contributed by atoms with Gasteiger partial charge in [-0.3, -0.25) is 0 Å². The Balaban J connectivity index is 1.68. The van der Waals surface area contributed by atoms with Gasteiger partial charge in [-0.2, -0.15) is 13.2 Å². The molecule has 3 heterocycles. The van der Waals surface area contributed by atoms with Crippen LogP contribution in [0.1, 0.15) is 18.1 Å². The van der Waals surface area contributed by atoms with E-state index in [0.29, 0.717) is 6.08 Å². The fraction of sp³-hybridized carbons (Fsp3) is 0.526. The molecule has 0 spiro atoms. The highest BCUT2D eigenvalue weighted by Crippen LogP contribution is 3.02. The first-order chi connectivity index (χ1) is 16.8. The second-order valence-corrected chi connectivity index (χ2v) is 10.8. The van der Waals surface area contributed by atoms with Crippen molar-refractivity contribution in [1.82, 2.24) is 0 Å². The molecular weight excluding hydrogens is 554 g/mol. The quantitative estimate of drug-likeness (QED) is 0.206. The van der Waals surface area contributed by atoms with Crippen molar-refractivity contribution in [2.45, 2.75) is 54.9 Å². The lowest BCUT2D eigenvalue weighted by atomic mass is 9.98. The van der Waals surface area contributed by atoms with Crippen LogP contribution in [0.5, 0.6) is 5.75 Å². The zero-order valence-electron chi connectivity index (χ0n) is 18.4. The molecule has 0 N–H and O–H groups in total. The van der Waals surface area contributed by atoms with E-state index < -0.39 is 98.3 Å². The maximum Gasteiger partial charge on any atom is 0.430 e. The molecule has 1 unspecified atom stereocenters. The number of esters is 1.